The Labute approximate surface area is 106 Å². The number of nitrogens with one attached hydrogen (secondary N) is 1. The van der Waals surface area contributed by atoms with Crippen molar-refractivity contribution in [1.82, 2.24) is 15.1 Å². The Bertz CT molecular complexity index is 338. The van der Waals surface area contributed by atoms with E-state index in [0.717, 1.165) is 45.6 Å². The molecule has 6 heteroatoms. The lowest BCUT2D eigenvalue weighted by Gasteiger charge is -2.31. The van der Waals surface area contributed by atoms with Crippen molar-refractivity contribution in [2.24, 2.45) is 0 Å². The number of likely N-dealkylation sites (tertiary alicyclic amines) is 1. The molecule has 3 fully saturated rings. The van der Waals surface area contributed by atoms with Crippen molar-refractivity contribution in [3.05, 3.63) is 0 Å². The molecule has 0 saturated carbocycles. The number of nitrogens with zero attached hydrogens (tertiary/aromatic N) is 2. The Morgan fingerprint density at radius 3 is 2.56 bits per heavy atom. The summed E-state index contributed by atoms with van der Waals surface area (Å²) in [5.74, 6) is -0.0844. The van der Waals surface area contributed by atoms with E-state index in [2.05, 4.69) is 10.2 Å². The van der Waals surface area contributed by atoms with Crippen LogP contribution < -0.4 is 5.32 Å². The molecule has 3 aliphatic heterocycles. The molecule has 18 heavy (non-hydrogen) atoms. The van der Waals surface area contributed by atoms with Gasteiger partial charge in [0.05, 0.1) is 12.6 Å². The lowest BCUT2D eigenvalue weighted by Crippen LogP contribution is -2.44. The summed E-state index contributed by atoms with van der Waals surface area (Å²) in [4.78, 5) is 27.1. The highest BCUT2D eigenvalue weighted by molar-refractivity contribution is 6.02. The molecule has 0 radical (unpaired) electrons. The number of urea groups is 1. The minimum absolute atomic E-state index is 0.0582. The molecule has 3 heterocycles. The summed E-state index contributed by atoms with van der Waals surface area (Å²) >= 11 is 0. The average molecular weight is 253 g/mol. The molecule has 0 aromatic rings. The van der Waals surface area contributed by atoms with E-state index in [-0.39, 0.29) is 24.5 Å². The lowest BCUT2D eigenvalue weighted by molar-refractivity contribution is -0.126. The number of rotatable bonds is 2. The molecule has 3 saturated heterocycles. The Morgan fingerprint density at radius 1 is 1.11 bits per heavy atom. The van der Waals surface area contributed by atoms with Crippen LogP contribution in [0.1, 0.15) is 19.3 Å². The van der Waals surface area contributed by atoms with Crippen molar-refractivity contribution in [1.29, 1.82) is 0 Å². The van der Waals surface area contributed by atoms with Gasteiger partial charge >= 0.3 is 6.03 Å². The summed E-state index contributed by atoms with van der Waals surface area (Å²) in [7, 11) is 0. The van der Waals surface area contributed by atoms with Crippen molar-refractivity contribution in [2.75, 3.05) is 32.8 Å². The van der Waals surface area contributed by atoms with Crippen molar-refractivity contribution >= 4 is 11.9 Å². The van der Waals surface area contributed by atoms with Gasteiger partial charge in [0.1, 0.15) is 0 Å². The van der Waals surface area contributed by atoms with Crippen LogP contribution in [0.15, 0.2) is 0 Å². The average Bonchev–Trinajstić information content (AvgIpc) is 2.98. The first-order chi connectivity index (χ1) is 8.75. The topological polar surface area (TPSA) is 61.9 Å². The molecule has 1 unspecified atom stereocenters. The summed E-state index contributed by atoms with van der Waals surface area (Å²) in [5.41, 5.74) is 0. The Balaban J connectivity index is 1.60. The van der Waals surface area contributed by atoms with E-state index >= 15 is 0 Å². The van der Waals surface area contributed by atoms with E-state index in [1.165, 1.54) is 4.90 Å². The summed E-state index contributed by atoms with van der Waals surface area (Å²) < 4.78 is 5.36. The number of hydrogen-bond donors (Lipinski definition) is 1. The Hall–Kier alpha value is -1.14. The second kappa shape index (κ2) is 4.85. The van der Waals surface area contributed by atoms with Crippen LogP contribution in [-0.2, 0) is 9.53 Å². The van der Waals surface area contributed by atoms with Gasteiger partial charge in [-0.1, -0.05) is 0 Å². The van der Waals surface area contributed by atoms with Crippen LogP contribution in [0.4, 0.5) is 4.79 Å². The van der Waals surface area contributed by atoms with Crippen LogP contribution in [0.2, 0.25) is 0 Å². The number of hydrogen-bond acceptors (Lipinski definition) is 4. The van der Waals surface area contributed by atoms with Crippen LogP contribution in [-0.4, -0.2) is 66.7 Å². The fourth-order valence-corrected chi connectivity index (χ4v) is 3.17. The third kappa shape index (κ3) is 2.10. The van der Waals surface area contributed by atoms with Crippen LogP contribution in [0.3, 0.4) is 0 Å². The zero-order valence-corrected chi connectivity index (χ0v) is 10.4. The highest BCUT2D eigenvalue weighted by atomic mass is 16.5. The van der Waals surface area contributed by atoms with Gasteiger partial charge in [0.15, 0.2) is 0 Å². The third-order valence-electron chi connectivity index (χ3n) is 4.15. The van der Waals surface area contributed by atoms with E-state index in [9.17, 15) is 9.59 Å². The molecular weight excluding hydrogens is 234 g/mol. The molecular formula is C12H19N3O3. The second-order valence-electron chi connectivity index (χ2n) is 5.20. The predicted octanol–water partition coefficient (Wildman–Crippen LogP) is -0.208. The molecule has 100 valence electrons. The highest BCUT2D eigenvalue weighted by Gasteiger charge is 2.40. The molecule has 6 nitrogen and oxygen atoms in total. The van der Waals surface area contributed by atoms with Crippen LogP contribution in [0.25, 0.3) is 0 Å². The standard InChI is InChI=1S/C12H19N3O3/c16-11-7-13-12(17)15(11)10-1-4-14(8-10)9-2-5-18-6-3-9/h9-10H,1-8H2,(H,13,17). The van der Waals surface area contributed by atoms with E-state index in [4.69, 9.17) is 4.74 Å². The lowest BCUT2D eigenvalue weighted by atomic mass is 10.1. The number of amides is 3. The quantitative estimate of drug-likeness (QED) is 0.692. The molecule has 3 amide bonds. The molecule has 0 aromatic heterocycles. The van der Waals surface area contributed by atoms with Gasteiger partial charge in [0, 0.05) is 32.3 Å². The summed E-state index contributed by atoms with van der Waals surface area (Å²) in [6.07, 6.45) is 3.02. The Kier molecular flexibility index (Phi) is 3.22. The SMILES string of the molecule is O=C1CNC(=O)N1C1CCN(C2CCOCC2)C1. The first kappa shape index (κ1) is 11.9. The first-order valence-corrected chi connectivity index (χ1v) is 6.67. The molecule has 0 aromatic carbocycles. The van der Waals surface area contributed by atoms with Gasteiger partial charge < -0.3 is 10.1 Å². The smallest absolute Gasteiger partial charge is 0.324 e. The zero-order chi connectivity index (χ0) is 12.5. The normalized spacial score (nSPS) is 31.1. The van der Waals surface area contributed by atoms with Gasteiger partial charge in [-0.15, -0.1) is 0 Å². The maximum atomic E-state index is 11.7. The van der Waals surface area contributed by atoms with E-state index in [1.54, 1.807) is 0 Å². The number of imide groups is 1. The zero-order valence-electron chi connectivity index (χ0n) is 10.4. The summed E-state index contributed by atoms with van der Waals surface area (Å²) in [5, 5.41) is 2.59. The van der Waals surface area contributed by atoms with E-state index in [0.29, 0.717) is 6.04 Å². The molecule has 1 N–H and O–H groups in total. The monoisotopic (exact) mass is 253 g/mol. The number of carbonyl (C=O) groups excluding carboxylic acids is 2. The van der Waals surface area contributed by atoms with Crippen molar-refractivity contribution in [3.8, 4) is 0 Å². The van der Waals surface area contributed by atoms with Crippen molar-refractivity contribution < 1.29 is 14.3 Å². The Morgan fingerprint density at radius 2 is 1.89 bits per heavy atom. The van der Waals surface area contributed by atoms with Crippen molar-refractivity contribution in [2.45, 2.75) is 31.3 Å². The highest BCUT2D eigenvalue weighted by Crippen LogP contribution is 2.24. The number of ether oxygens (including phenoxy) is 1. The van der Waals surface area contributed by atoms with Gasteiger partial charge in [0.2, 0.25) is 5.91 Å². The molecule has 3 rings (SSSR count). The first-order valence-electron chi connectivity index (χ1n) is 6.67. The molecule has 3 aliphatic rings. The predicted molar refractivity (Wildman–Crippen MR) is 64.1 cm³/mol. The van der Waals surface area contributed by atoms with Crippen LogP contribution in [0.5, 0.6) is 0 Å². The molecule has 1 atom stereocenters. The molecule has 0 aliphatic carbocycles. The maximum Gasteiger partial charge on any atom is 0.324 e. The third-order valence-corrected chi connectivity index (χ3v) is 4.15. The van der Waals surface area contributed by atoms with Gasteiger partial charge in [0.25, 0.3) is 0 Å². The van der Waals surface area contributed by atoms with Gasteiger partial charge in [-0.2, -0.15) is 0 Å². The maximum absolute atomic E-state index is 11.7. The van der Waals surface area contributed by atoms with Crippen LogP contribution >= 0.6 is 0 Å². The minimum Gasteiger partial charge on any atom is -0.381 e. The largest absolute Gasteiger partial charge is 0.381 e. The molecule has 0 spiro atoms. The fourth-order valence-electron chi connectivity index (χ4n) is 3.17. The van der Waals surface area contributed by atoms with E-state index in [1.807, 2.05) is 0 Å². The van der Waals surface area contributed by atoms with Crippen molar-refractivity contribution in [3.63, 3.8) is 0 Å². The van der Waals surface area contributed by atoms with Gasteiger partial charge in [-0.3, -0.25) is 14.6 Å². The van der Waals surface area contributed by atoms with E-state index < -0.39 is 0 Å². The van der Waals surface area contributed by atoms with Crippen LogP contribution in [0, 0.1) is 0 Å². The summed E-state index contributed by atoms with van der Waals surface area (Å²) in [6.45, 7) is 3.62. The molecule has 0 bridgehead atoms. The van der Waals surface area contributed by atoms with Gasteiger partial charge in [-0.05, 0) is 19.3 Å². The number of carbonyl (C=O) groups is 2. The summed E-state index contributed by atoms with van der Waals surface area (Å²) in [6, 6.07) is 0.395. The second-order valence-corrected chi connectivity index (χ2v) is 5.20. The van der Waals surface area contributed by atoms with Gasteiger partial charge in [-0.25, -0.2) is 4.79 Å². The minimum atomic E-state index is -0.223. The fraction of sp³-hybridized carbons (Fsp3) is 0.833.